The molecule has 1 fully saturated rings. The van der Waals surface area contributed by atoms with Gasteiger partial charge in [0.05, 0.1) is 12.9 Å². The molecular formula is C21H28N4O2S. The Kier molecular flexibility index (Phi) is 6.78. The molecule has 2 heterocycles. The number of methoxy groups -OCH3 is 1. The lowest BCUT2D eigenvalue weighted by molar-refractivity contribution is -0.130. The minimum atomic E-state index is 0.169. The van der Waals surface area contributed by atoms with E-state index in [0.717, 1.165) is 35.4 Å². The molecule has 0 saturated carbocycles. The number of amides is 1. The van der Waals surface area contributed by atoms with Gasteiger partial charge >= 0.3 is 0 Å². The Labute approximate surface area is 171 Å². The molecule has 2 aromatic rings. The number of nitrogens with zero attached hydrogens (tertiary/aromatic N) is 4. The molecule has 28 heavy (non-hydrogen) atoms. The number of piperidine rings is 1. The fourth-order valence-corrected chi connectivity index (χ4v) is 4.58. The van der Waals surface area contributed by atoms with Crippen LogP contribution in [-0.2, 0) is 11.3 Å². The summed E-state index contributed by atoms with van der Waals surface area (Å²) in [5.74, 6) is 3.22. The van der Waals surface area contributed by atoms with Crippen molar-refractivity contribution in [3.63, 3.8) is 0 Å². The molecule has 3 rings (SSSR count). The van der Waals surface area contributed by atoms with Gasteiger partial charge in [0, 0.05) is 25.2 Å². The first-order valence-electron chi connectivity index (χ1n) is 9.61. The van der Waals surface area contributed by atoms with E-state index in [1.807, 2.05) is 39.8 Å². The molecule has 1 saturated heterocycles. The highest BCUT2D eigenvalue weighted by molar-refractivity contribution is 7.99. The van der Waals surface area contributed by atoms with Crippen LogP contribution >= 0.6 is 11.8 Å². The van der Waals surface area contributed by atoms with Crippen molar-refractivity contribution in [1.29, 1.82) is 0 Å². The quantitative estimate of drug-likeness (QED) is 0.523. The Morgan fingerprint density at radius 2 is 1.93 bits per heavy atom. The number of hydrogen-bond acceptors (Lipinski definition) is 5. The largest absolute Gasteiger partial charge is 0.497 e. The molecular weight excluding hydrogens is 372 g/mol. The Hall–Kier alpha value is -2.28. The zero-order valence-corrected chi connectivity index (χ0v) is 17.6. The first kappa shape index (κ1) is 20.5. The lowest BCUT2D eigenvalue weighted by atomic mass is 9.92. The zero-order valence-electron chi connectivity index (χ0n) is 16.8. The third kappa shape index (κ3) is 4.76. The fraction of sp³-hybridized carbons (Fsp3) is 0.476. The summed E-state index contributed by atoms with van der Waals surface area (Å²) in [7, 11) is 1.64. The minimum Gasteiger partial charge on any atom is -0.497 e. The molecule has 0 radical (unpaired) electrons. The number of benzene rings is 1. The monoisotopic (exact) mass is 400 g/mol. The van der Waals surface area contributed by atoms with Crippen LogP contribution < -0.4 is 4.74 Å². The van der Waals surface area contributed by atoms with E-state index in [2.05, 4.69) is 30.6 Å². The topological polar surface area (TPSA) is 60.2 Å². The lowest BCUT2D eigenvalue weighted by Gasteiger charge is -2.34. The molecule has 1 aromatic heterocycles. The number of hydrogen-bond donors (Lipinski definition) is 0. The second-order valence-electron chi connectivity index (χ2n) is 7.47. The van der Waals surface area contributed by atoms with Crippen molar-refractivity contribution in [3.8, 4) is 17.1 Å². The summed E-state index contributed by atoms with van der Waals surface area (Å²) in [6.45, 7) is 10.6. The summed E-state index contributed by atoms with van der Waals surface area (Å²) in [6, 6.07) is 7.71. The number of likely N-dealkylation sites (tertiary alicyclic amines) is 1. The summed E-state index contributed by atoms with van der Waals surface area (Å²) in [4.78, 5) is 14.7. The van der Waals surface area contributed by atoms with Crippen molar-refractivity contribution in [2.75, 3.05) is 26.0 Å². The van der Waals surface area contributed by atoms with Gasteiger partial charge in [0.1, 0.15) is 5.75 Å². The summed E-state index contributed by atoms with van der Waals surface area (Å²) in [5, 5.41) is 9.41. The molecule has 2 atom stereocenters. The standard InChI is InChI=1S/C21H28N4O2S/c1-5-10-25-20(17-6-8-18(27-4)9-7-17)22-23-21(25)28-14-19(26)24-12-15(2)11-16(3)13-24/h5-9,15-16H,1,10-14H2,2-4H3/t15-,16+. The van der Waals surface area contributed by atoms with E-state index in [4.69, 9.17) is 4.74 Å². The highest BCUT2D eigenvalue weighted by atomic mass is 32.2. The van der Waals surface area contributed by atoms with Crippen molar-refractivity contribution in [2.24, 2.45) is 11.8 Å². The lowest BCUT2D eigenvalue weighted by Crippen LogP contribution is -2.43. The second-order valence-corrected chi connectivity index (χ2v) is 8.41. The summed E-state index contributed by atoms with van der Waals surface area (Å²) < 4.78 is 7.21. The van der Waals surface area contributed by atoms with Crippen LogP contribution in [0.25, 0.3) is 11.4 Å². The van der Waals surface area contributed by atoms with Crippen molar-refractivity contribution >= 4 is 17.7 Å². The molecule has 150 valence electrons. The van der Waals surface area contributed by atoms with E-state index in [1.165, 1.54) is 18.2 Å². The van der Waals surface area contributed by atoms with Crippen LogP contribution in [-0.4, -0.2) is 51.5 Å². The van der Waals surface area contributed by atoms with Gasteiger partial charge in [-0.2, -0.15) is 0 Å². The van der Waals surface area contributed by atoms with Crippen LogP contribution in [0.1, 0.15) is 20.3 Å². The van der Waals surface area contributed by atoms with Crippen LogP contribution in [0.4, 0.5) is 0 Å². The molecule has 7 heteroatoms. The number of thioether (sulfide) groups is 1. The predicted octanol–water partition coefficient (Wildman–Crippen LogP) is 3.74. The van der Waals surface area contributed by atoms with Crippen LogP contribution in [0.5, 0.6) is 5.75 Å². The van der Waals surface area contributed by atoms with Gasteiger partial charge in [-0.3, -0.25) is 9.36 Å². The average Bonchev–Trinajstić information content (AvgIpc) is 3.08. The number of allylic oxidation sites excluding steroid dienone is 1. The molecule has 1 aromatic carbocycles. The summed E-state index contributed by atoms with van der Waals surface area (Å²) in [5.41, 5.74) is 0.951. The zero-order chi connectivity index (χ0) is 20.1. The maximum atomic E-state index is 12.7. The van der Waals surface area contributed by atoms with Gasteiger partial charge in [-0.1, -0.05) is 31.7 Å². The Morgan fingerprint density at radius 1 is 1.25 bits per heavy atom. The van der Waals surface area contributed by atoms with Crippen LogP contribution in [0, 0.1) is 11.8 Å². The van der Waals surface area contributed by atoms with E-state index in [-0.39, 0.29) is 5.91 Å². The van der Waals surface area contributed by atoms with Gasteiger partial charge in [-0.15, -0.1) is 16.8 Å². The van der Waals surface area contributed by atoms with Crippen molar-refractivity contribution in [2.45, 2.75) is 32.0 Å². The normalized spacial score (nSPS) is 19.5. The molecule has 1 aliphatic heterocycles. The molecule has 0 N–H and O–H groups in total. The van der Waals surface area contributed by atoms with E-state index < -0.39 is 0 Å². The number of carbonyl (C=O) groups excluding carboxylic acids is 1. The number of carbonyl (C=O) groups is 1. The maximum absolute atomic E-state index is 12.7. The second kappa shape index (κ2) is 9.28. The maximum Gasteiger partial charge on any atom is 0.233 e. The molecule has 0 unspecified atom stereocenters. The van der Waals surface area contributed by atoms with Gasteiger partial charge in [0.2, 0.25) is 5.91 Å². The number of ether oxygens (including phenoxy) is 1. The first-order valence-corrected chi connectivity index (χ1v) is 10.6. The van der Waals surface area contributed by atoms with Gasteiger partial charge in [-0.05, 0) is 42.5 Å². The van der Waals surface area contributed by atoms with Crippen molar-refractivity contribution in [3.05, 3.63) is 36.9 Å². The minimum absolute atomic E-state index is 0.169. The summed E-state index contributed by atoms with van der Waals surface area (Å²) >= 11 is 1.44. The van der Waals surface area contributed by atoms with Gasteiger partial charge in [0.15, 0.2) is 11.0 Å². The van der Waals surface area contributed by atoms with Crippen LogP contribution in [0.3, 0.4) is 0 Å². The highest BCUT2D eigenvalue weighted by Gasteiger charge is 2.26. The van der Waals surface area contributed by atoms with Gasteiger partial charge in [-0.25, -0.2) is 0 Å². The first-order chi connectivity index (χ1) is 13.5. The average molecular weight is 401 g/mol. The molecule has 0 bridgehead atoms. The highest BCUT2D eigenvalue weighted by Crippen LogP contribution is 2.27. The molecule has 1 amide bonds. The van der Waals surface area contributed by atoms with E-state index in [0.29, 0.717) is 24.1 Å². The number of aromatic nitrogens is 3. The van der Waals surface area contributed by atoms with E-state index >= 15 is 0 Å². The summed E-state index contributed by atoms with van der Waals surface area (Å²) in [6.07, 6.45) is 3.01. The van der Waals surface area contributed by atoms with Gasteiger partial charge < -0.3 is 9.64 Å². The Balaban J connectivity index is 1.72. The van der Waals surface area contributed by atoms with Crippen LogP contribution in [0.15, 0.2) is 42.1 Å². The van der Waals surface area contributed by atoms with Crippen molar-refractivity contribution < 1.29 is 9.53 Å². The third-order valence-electron chi connectivity index (χ3n) is 4.92. The van der Waals surface area contributed by atoms with Crippen molar-refractivity contribution in [1.82, 2.24) is 19.7 Å². The molecule has 6 nitrogen and oxygen atoms in total. The smallest absolute Gasteiger partial charge is 0.233 e. The van der Waals surface area contributed by atoms with Crippen LogP contribution in [0.2, 0.25) is 0 Å². The molecule has 0 spiro atoms. The fourth-order valence-electron chi connectivity index (χ4n) is 3.73. The Bertz CT molecular complexity index is 808. The Morgan fingerprint density at radius 3 is 2.54 bits per heavy atom. The number of rotatable bonds is 7. The SMILES string of the molecule is C=CCn1c(SCC(=O)N2C[C@H](C)C[C@H](C)C2)nnc1-c1ccc(OC)cc1. The molecule has 1 aliphatic rings. The van der Waals surface area contributed by atoms with Gasteiger partial charge in [0.25, 0.3) is 0 Å². The van der Waals surface area contributed by atoms with E-state index in [1.54, 1.807) is 7.11 Å². The predicted molar refractivity (Wildman–Crippen MR) is 112 cm³/mol. The molecule has 0 aliphatic carbocycles. The van der Waals surface area contributed by atoms with E-state index in [9.17, 15) is 4.79 Å². The third-order valence-corrected chi connectivity index (χ3v) is 5.87.